The van der Waals surface area contributed by atoms with Gasteiger partial charge in [0.15, 0.2) is 0 Å². The van der Waals surface area contributed by atoms with E-state index in [0.717, 1.165) is 0 Å². The second-order valence-corrected chi connectivity index (χ2v) is 22.3. The minimum atomic E-state index is -2.52. The zero-order valence-electron chi connectivity index (χ0n) is 38.6. The van der Waals surface area contributed by atoms with Crippen LogP contribution in [0.1, 0.15) is 101 Å². The van der Waals surface area contributed by atoms with Crippen LogP contribution in [0.4, 0.5) is 5.69 Å². The van der Waals surface area contributed by atoms with Crippen molar-refractivity contribution in [3.63, 3.8) is 0 Å². The molecule has 66 heavy (non-hydrogen) atoms. The van der Waals surface area contributed by atoms with Gasteiger partial charge in [-0.15, -0.1) is 0 Å². The summed E-state index contributed by atoms with van der Waals surface area (Å²) < 4.78 is 29.6. The van der Waals surface area contributed by atoms with E-state index in [0.29, 0.717) is 56.3 Å². The van der Waals surface area contributed by atoms with E-state index in [1.54, 1.807) is 67.9 Å². The van der Waals surface area contributed by atoms with Crippen molar-refractivity contribution in [2.75, 3.05) is 34.2 Å². The fourth-order valence-corrected chi connectivity index (χ4v) is 14.7. The highest BCUT2D eigenvalue weighted by atomic mass is 28.4. The van der Waals surface area contributed by atoms with Crippen molar-refractivity contribution in [2.45, 2.75) is 71.3 Å². The zero-order valence-corrected chi connectivity index (χ0v) is 39.6. The van der Waals surface area contributed by atoms with Gasteiger partial charge in [-0.1, -0.05) is 41.5 Å². The Hall–Kier alpha value is -7.40. The van der Waals surface area contributed by atoms with Gasteiger partial charge in [-0.2, -0.15) is 0 Å². The van der Waals surface area contributed by atoms with E-state index in [1.807, 2.05) is 6.07 Å². The van der Waals surface area contributed by atoms with Gasteiger partial charge in [-0.25, -0.2) is 0 Å². The molecule has 344 valence electrons. The number of aromatic nitrogens is 3. The van der Waals surface area contributed by atoms with E-state index in [1.165, 1.54) is 37.0 Å². The van der Waals surface area contributed by atoms with Gasteiger partial charge < -0.3 is 39.3 Å². The van der Waals surface area contributed by atoms with Gasteiger partial charge in [-0.3, -0.25) is 39.2 Å². The summed E-state index contributed by atoms with van der Waals surface area (Å²) in [7, 11) is 3.63. The molecule has 0 radical (unpaired) electrons. The van der Waals surface area contributed by atoms with Crippen LogP contribution in [0.3, 0.4) is 0 Å². The lowest BCUT2D eigenvalue weighted by molar-refractivity contribution is 0.0641. The number of ketones is 1. The number of hydrogen-bond donors (Lipinski definition) is 4. The number of nitrogens with two attached hydrogens (primary N) is 1. The number of aromatic hydroxyl groups is 2. The first-order valence-electron chi connectivity index (χ1n) is 21.4. The largest absolute Gasteiger partial charge is 0.541 e. The molecule has 0 unspecified atom stereocenters. The van der Waals surface area contributed by atoms with Gasteiger partial charge in [0.05, 0.1) is 75.2 Å². The highest BCUT2D eigenvalue weighted by Crippen LogP contribution is 2.49. The molecule has 0 saturated heterocycles. The molecule has 0 fully saturated rings. The molecule has 2 amide bonds. The van der Waals surface area contributed by atoms with Crippen LogP contribution in [0.5, 0.6) is 40.5 Å². The first-order chi connectivity index (χ1) is 31.5. The van der Waals surface area contributed by atoms with Crippen LogP contribution in [-0.4, -0.2) is 89.7 Å². The topological polar surface area (TPSA) is 222 Å². The Balaban J connectivity index is 0.000000205. The van der Waals surface area contributed by atoms with Crippen molar-refractivity contribution < 1.29 is 48.0 Å². The van der Waals surface area contributed by atoms with Gasteiger partial charge in [0.2, 0.25) is 17.5 Å². The predicted molar refractivity (Wildman–Crippen MR) is 252 cm³/mol. The Bertz CT molecular complexity index is 2850. The second kappa shape index (κ2) is 18.2. The maximum Gasteiger partial charge on any atom is 0.265 e. The van der Waals surface area contributed by atoms with E-state index < -0.39 is 31.8 Å². The summed E-state index contributed by atoms with van der Waals surface area (Å²) in [5.74, 6) is 0.374. The van der Waals surface area contributed by atoms with Crippen molar-refractivity contribution in [2.24, 2.45) is 0 Å². The minimum absolute atomic E-state index is 0.00419. The number of carbonyl (C=O) groups excluding carboxylic acids is 3. The van der Waals surface area contributed by atoms with E-state index in [2.05, 4.69) is 51.5 Å². The summed E-state index contributed by atoms with van der Waals surface area (Å²) >= 11 is 0. The number of methoxy groups -OCH3 is 4. The third kappa shape index (κ3) is 7.61. The maximum atomic E-state index is 14.0. The third-order valence-corrected chi connectivity index (χ3v) is 18.6. The Morgan fingerprint density at radius 2 is 1.21 bits per heavy atom. The van der Waals surface area contributed by atoms with Crippen LogP contribution in [0.15, 0.2) is 73.1 Å². The number of nitrogens with zero attached hydrogens (tertiary/aromatic N) is 4. The number of pyridine rings is 2. The van der Waals surface area contributed by atoms with Crippen LogP contribution in [0, 0.1) is 5.41 Å². The molecule has 2 aliphatic rings. The summed E-state index contributed by atoms with van der Waals surface area (Å²) in [6.45, 7) is 13.1. The number of rotatable bonds is 13. The molecule has 0 bridgehead atoms. The van der Waals surface area contributed by atoms with Crippen LogP contribution in [0.25, 0.3) is 10.9 Å². The molecule has 1 aliphatic heterocycles. The molecule has 5 N–H and O–H groups in total. The van der Waals surface area contributed by atoms with Crippen LogP contribution >= 0.6 is 0 Å². The molecule has 17 heteroatoms. The fraction of sp³-hybridized carbons (Fsp3) is 0.306. The summed E-state index contributed by atoms with van der Waals surface area (Å²) in [6, 6.07) is 17.2. The molecule has 4 heterocycles. The number of carbonyl (C=O) groups is 3. The number of nitrogen functional groups attached to an aromatic ring is 1. The number of amides is 2. The van der Waals surface area contributed by atoms with Crippen molar-refractivity contribution in [1.29, 1.82) is 5.41 Å². The van der Waals surface area contributed by atoms with E-state index in [-0.39, 0.29) is 74.9 Å². The lowest BCUT2D eigenvalue weighted by Crippen LogP contribution is -2.51. The molecule has 0 saturated carbocycles. The summed E-state index contributed by atoms with van der Waals surface area (Å²) in [6.07, 6.45) is 3.11. The predicted octanol–water partition coefficient (Wildman–Crippen LogP) is 8.51. The van der Waals surface area contributed by atoms with E-state index >= 15 is 0 Å². The number of imide groups is 1. The van der Waals surface area contributed by atoms with Gasteiger partial charge in [0.1, 0.15) is 40.0 Å². The van der Waals surface area contributed by atoms with E-state index in [9.17, 15) is 24.6 Å². The third-order valence-electron chi connectivity index (χ3n) is 12.6. The number of nitrogens with one attached hydrogen (secondary N) is 1. The van der Waals surface area contributed by atoms with Crippen molar-refractivity contribution in [3.05, 3.63) is 118 Å². The average molecular weight is 915 g/mol. The number of fused-ring (bicyclic) bond motifs is 4. The number of benzene rings is 3. The van der Waals surface area contributed by atoms with Gasteiger partial charge in [0.25, 0.3) is 20.1 Å². The first kappa shape index (κ1) is 46.6. The summed E-state index contributed by atoms with van der Waals surface area (Å²) in [5, 5.41) is 30.4. The Morgan fingerprint density at radius 3 is 1.77 bits per heavy atom. The van der Waals surface area contributed by atoms with Gasteiger partial charge in [0, 0.05) is 46.6 Å². The quantitative estimate of drug-likeness (QED) is 0.0485. The van der Waals surface area contributed by atoms with Gasteiger partial charge in [-0.05, 0) is 65.2 Å². The number of ether oxygens (including phenoxy) is 4. The van der Waals surface area contributed by atoms with Crippen LogP contribution < -0.4 is 29.1 Å². The molecule has 3 aromatic carbocycles. The first-order valence-corrected chi connectivity index (χ1v) is 23.5. The summed E-state index contributed by atoms with van der Waals surface area (Å²) in [4.78, 5) is 50.5. The number of hydrogen-bond acceptors (Lipinski definition) is 14. The fourth-order valence-electron chi connectivity index (χ4n) is 9.41. The van der Waals surface area contributed by atoms with Crippen LogP contribution in [-0.2, 0) is 13.1 Å². The molecular formula is C49H54N6O10Si. The Kier molecular flexibility index (Phi) is 12.9. The standard InChI is InChI=1S/C29H37N3O5Si.C20H17N3O5/c1-16(2)38(17(3)4,18(5)6)37-27-24-23(25(30)21-10-9-13-31-26(21)27)28(33)32(29(24)34)15-19-11-12-20(35-7)14-22(19)36-8;1-27-11-6-5-10(13(8-11)28-2)9-23-19(25)14-15(20(23)26)18(24)17-12(16(14)21)4-3-7-22-17/h9-14,16-18H,15,30H2,1-8H3;3-8,21,25-26H,9H2,1-2H3. The molecular weight excluding hydrogens is 861 g/mol. The number of anilines is 1. The highest BCUT2D eigenvalue weighted by molar-refractivity contribution is 6.78. The maximum absolute atomic E-state index is 14.0. The normalized spacial score (nSPS) is 13.2. The Morgan fingerprint density at radius 1 is 0.682 bits per heavy atom. The molecule has 3 aromatic heterocycles. The molecule has 16 nitrogen and oxygen atoms in total. The smallest absolute Gasteiger partial charge is 0.265 e. The average Bonchev–Trinajstić information content (AvgIpc) is 3.71. The molecule has 0 spiro atoms. The SMILES string of the molecule is COc1ccc(CN2C(=O)c3c(c(O[Si](C(C)C)(C(C)C)C(C)C)c4ncccc4c3N)C2=O)c(OC)c1.COc1ccc(Cn2c(O)c3c(c2O)C(=O)c2ncccc2C3=N)c(OC)c1. The van der Waals surface area contributed by atoms with Crippen molar-refractivity contribution >= 4 is 48.2 Å². The van der Waals surface area contributed by atoms with Crippen LogP contribution in [0.2, 0.25) is 16.6 Å². The summed E-state index contributed by atoms with van der Waals surface area (Å²) in [5.41, 5.74) is 9.95. The monoisotopic (exact) mass is 914 g/mol. The van der Waals surface area contributed by atoms with Crippen molar-refractivity contribution in [1.82, 2.24) is 19.4 Å². The lowest BCUT2D eigenvalue weighted by Gasteiger charge is -2.42. The second-order valence-electron chi connectivity index (χ2n) is 17.0. The lowest BCUT2D eigenvalue weighted by atomic mass is 9.89. The Labute approximate surface area is 383 Å². The molecule has 1 aliphatic carbocycles. The molecule has 8 rings (SSSR count). The van der Waals surface area contributed by atoms with Crippen molar-refractivity contribution in [3.8, 4) is 40.5 Å². The highest BCUT2D eigenvalue weighted by Gasteiger charge is 2.50. The molecule has 6 aromatic rings. The van der Waals surface area contributed by atoms with Gasteiger partial charge >= 0.3 is 0 Å². The molecule has 0 atom stereocenters. The minimum Gasteiger partial charge on any atom is -0.541 e. The zero-order chi connectivity index (χ0) is 47.9. The van der Waals surface area contributed by atoms with E-state index in [4.69, 9.17) is 34.5 Å².